The number of nitrogens with zero attached hydrogens (tertiary/aromatic N) is 2. The van der Waals surface area contributed by atoms with Gasteiger partial charge in [-0.15, -0.1) is 11.6 Å². The van der Waals surface area contributed by atoms with Gasteiger partial charge in [-0.05, 0) is 37.6 Å². The monoisotopic (exact) mass is 300 g/mol. The summed E-state index contributed by atoms with van der Waals surface area (Å²) >= 11 is 5.55. The van der Waals surface area contributed by atoms with E-state index in [0.717, 1.165) is 11.4 Å². The second-order valence-corrected chi connectivity index (χ2v) is 4.67. The van der Waals surface area contributed by atoms with Crippen molar-refractivity contribution in [3.63, 3.8) is 0 Å². The normalized spacial score (nSPS) is 10.8. The smallest absolute Gasteiger partial charge is 0.191 e. The largest absolute Gasteiger partial charge is 0.481 e. The van der Waals surface area contributed by atoms with Crippen LogP contribution in [0.5, 0.6) is 5.75 Å². The first-order valence-corrected chi connectivity index (χ1v) is 6.78. The standard InChI is InChI=1S/C14H15ClF2N2O/c1-3-19-11(4-9(2)18-19)8-20-14-12(16)5-10(7-15)6-13(14)17/h4-6H,3,7-8H2,1-2H3. The molecule has 3 nitrogen and oxygen atoms in total. The molecule has 0 aliphatic heterocycles. The number of hydrogen-bond donors (Lipinski definition) is 0. The Morgan fingerprint density at radius 2 is 1.90 bits per heavy atom. The molecule has 6 heteroatoms. The molecule has 0 unspecified atom stereocenters. The van der Waals surface area contributed by atoms with Crippen LogP contribution in [0.2, 0.25) is 0 Å². The second-order valence-electron chi connectivity index (χ2n) is 4.40. The first kappa shape index (κ1) is 14.8. The first-order chi connectivity index (χ1) is 9.55. The SMILES string of the molecule is CCn1nc(C)cc1COc1c(F)cc(CCl)cc1F. The Hall–Kier alpha value is -1.62. The Morgan fingerprint density at radius 3 is 2.45 bits per heavy atom. The lowest BCUT2D eigenvalue weighted by molar-refractivity contribution is 0.263. The van der Waals surface area contributed by atoms with Crippen molar-refractivity contribution < 1.29 is 13.5 Å². The highest BCUT2D eigenvalue weighted by molar-refractivity contribution is 6.17. The van der Waals surface area contributed by atoms with Crippen molar-refractivity contribution in [2.45, 2.75) is 32.9 Å². The van der Waals surface area contributed by atoms with Crippen LogP contribution in [0.15, 0.2) is 18.2 Å². The Morgan fingerprint density at radius 1 is 1.25 bits per heavy atom. The van der Waals surface area contributed by atoms with Crippen LogP contribution in [0, 0.1) is 18.6 Å². The lowest BCUT2D eigenvalue weighted by Crippen LogP contribution is -2.07. The molecule has 0 atom stereocenters. The molecular weight excluding hydrogens is 286 g/mol. The van der Waals surface area contributed by atoms with Crippen LogP contribution < -0.4 is 4.74 Å². The second kappa shape index (κ2) is 6.22. The Kier molecular flexibility index (Phi) is 4.60. The van der Waals surface area contributed by atoms with Gasteiger partial charge in [-0.1, -0.05) is 0 Å². The van der Waals surface area contributed by atoms with Gasteiger partial charge in [0.1, 0.15) is 6.61 Å². The van der Waals surface area contributed by atoms with Crippen molar-refractivity contribution in [3.8, 4) is 5.75 Å². The summed E-state index contributed by atoms with van der Waals surface area (Å²) in [6, 6.07) is 4.17. The van der Waals surface area contributed by atoms with Crippen LogP contribution in [0.4, 0.5) is 8.78 Å². The van der Waals surface area contributed by atoms with Crippen LogP contribution >= 0.6 is 11.6 Å². The maximum atomic E-state index is 13.7. The van der Waals surface area contributed by atoms with Crippen molar-refractivity contribution >= 4 is 11.6 Å². The van der Waals surface area contributed by atoms with E-state index in [1.165, 1.54) is 12.1 Å². The molecule has 0 N–H and O–H groups in total. The number of hydrogen-bond acceptors (Lipinski definition) is 2. The summed E-state index contributed by atoms with van der Waals surface area (Å²) < 4.78 is 34.5. The van der Waals surface area contributed by atoms with Crippen LogP contribution in [0.25, 0.3) is 0 Å². The van der Waals surface area contributed by atoms with Gasteiger partial charge in [0.2, 0.25) is 0 Å². The molecule has 20 heavy (non-hydrogen) atoms. The van der Waals surface area contributed by atoms with Crippen LogP contribution in [-0.2, 0) is 19.0 Å². The summed E-state index contributed by atoms with van der Waals surface area (Å²) in [5, 5.41) is 4.25. The van der Waals surface area contributed by atoms with Crippen molar-refractivity contribution in [1.29, 1.82) is 0 Å². The summed E-state index contributed by atoms with van der Waals surface area (Å²) in [7, 11) is 0. The lowest BCUT2D eigenvalue weighted by atomic mass is 10.2. The molecule has 0 spiro atoms. The van der Waals surface area contributed by atoms with E-state index in [0.29, 0.717) is 12.1 Å². The summed E-state index contributed by atoms with van der Waals surface area (Å²) in [4.78, 5) is 0. The maximum Gasteiger partial charge on any atom is 0.191 e. The van der Waals surface area contributed by atoms with E-state index >= 15 is 0 Å². The highest BCUT2D eigenvalue weighted by Gasteiger charge is 2.14. The first-order valence-electron chi connectivity index (χ1n) is 6.25. The molecule has 0 saturated carbocycles. The topological polar surface area (TPSA) is 27.1 Å². The van der Waals surface area contributed by atoms with Gasteiger partial charge < -0.3 is 4.74 Å². The predicted octanol–water partition coefficient (Wildman–Crippen LogP) is 3.81. The van der Waals surface area contributed by atoms with Gasteiger partial charge in [0, 0.05) is 12.4 Å². The number of alkyl halides is 1. The van der Waals surface area contributed by atoms with E-state index in [9.17, 15) is 8.78 Å². The molecule has 0 aliphatic carbocycles. The Labute approximate surface area is 121 Å². The summed E-state index contributed by atoms with van der Waals surface area (Å²) in [5.41, 5.74) is 1.98. The average molecular weight is 301 g/mol. The van der Waals surface area contributed by atoms with Gasteiger partial charge >= 0.3 is 0 Å². The summed E-state index contributed by atoms with van der Waals surface area (Å²) in [6.45, 7) is 4.52. The minimum absolute atomic E-state index is 0.0515. The number of rotatable bonds is 5. The minimum atomic E-state index is -0.750. The average Bonchev–Trinajstić information content (AvgIpc) is 2.77. The number of benzene rings is 1. The van der Waals surface area contributed by atoms with Crippen molar-refractivity contribution in [3.05, 3.63) is 46.8 Å². The molecule has 0 saturated heterocycles. The van der Waals surface area contributed by atoms with Crippen molar-refractivity contribution in [2.75, 3.05) is 0 Å². The maximum absolute atomic E-state index is 13.7. The van der Waals surface area contributed by atoms with Crippen LogP contribution in [-0.4, -0.2) is 9.78 Å². The number of ether oxygens (including phenoxy) is 1. The number of aryl methyl sites for hydroxylation is 2. The third-order valence-corrected chi connectivity index (χ3v) is 3.17. The van der Waals surface area contributed by atoms with Crippen LogP contribution in [0.3, 0.4) is 0 Å². The molecule has 0 fully saturated rings. The quantitative estimate of drug-likeness (QED) is 0.785. The molecule has 1 aromatic carbocycles. The Bertz CT molecular complexity index is 590. The minimum Gasteiger partial charge on any atom is -0.481 e. The molecule has 2 rings (SSSR count). The molecule has 0 aliphatic rings. The third kappa shape index (κ3) is 3.10. The van der Waals surface area contributed by atoms with Gasteiger partial charge in [0.15, 0.2) is 17.4 Å². The fraction of sp³-hybridized carbons (Fsp3) is 0.357. The van der Waals surface area contributed by atoms with Crippen LogP contribution in [0.1, 0.15) is 23.9 Å². The van der Waals surface area contributed by atoms with E-state index in [1.54, 1.807) is 4.68 Å². The molecule has 0 amide bonds. The van der Waals surface area contributed by atoms with Gasteiger partial charge in [0.25, 0.3) is 0 Å². The van der Waals surface area contributed by atoms with E-state index in [4.69, 9.17) is 16.3 Å². The lowest BCUT2D eigenvalue weighted by Gasteiger charge is -2.10. The number of halogens is 3. The molecule has 0 radical (unpaired) electrons. The highest BCUT2D eigenvalue weighted by atomic mass is 35.5. The van der Waals surface area contributed by atoms with E-state index in [-0.39, 0.29) is 18.2 Å². The van der Waals surface area contributed by atoms with Crippen molar-refractivity contribution in [2.24, 2.45) is 0 Å². The van der Waals surface area contributed by atoms with E-state index < -0.39 is 11.6 Å². The number of aromatic nitrogens is 2. The third-order valence-electron chi connectivity index (χ3n) is 2.86. The Balaban J connectivity index is 2.18. The van der Waals surface area contributed by atoms with Crippen molar-refractivity contribution in [1.82, 2.24) is 9.78 Å². The fourth-order valence-corrected chi connectivity index (χ4v) is 2.12. The zero-order valence-electron chi connectivity index (χ0n) is 11.3. The molecule has 2 aromatic rings. The molecule has 1 heterocycles. The summed E-state index contributed by atoms with van der Waals surface area (Å²) in [5.74, 6) is -1.84. The van der Waals surface area contributed by atoms with Gasteiger partial charge in [-0.2, -0.15) is 5.10 Å². The molecular formula is C14H15ClF2N2O. The molecule has 108 valence electrons. The van der Waals surface area contributed by atoms with E-state index in [1.807, 2.05) is 19.9 Å². The van der Waals surface area contributed by atoms with E-state index in [2.05, 4.69) is 5.10 Å². The molecule has 0 bridgehead atoms. The predicted molar refractivity (Wildman–Crippen MR) is 72.9 cm³/mol. The van der Waals surface area contributed by atoms with Gasteiger partial charge in [-0.3, -0.25) is 4.68 Å². The highest BCUT2D eigenvalue weighted by Crippen LogP contribution is 2.25. The summed E-state index contributed by atoms with van der Waals surface area (Å²) in [6.07, 6.45) is 0. The fourth-order valence-electron chi connectivity index (χ4n) is 1.96. The molecule has 1 aromatic heterocycles. The van der Waals surface area contributed by atoms with Gasteiger partial charge in [0.05, 0.1) is 11.4 Å². The zero-order chi connectivity index (χ0) is 14.7. The zero-order valence-corrected chi connectivity index (χ0v) is 12.0. The van der Waals surface area contributed by atoms with Gasteiger partial charge in [-0.25, -0.2) is 8.78 Å².